The highest BCUT2D eigenvalue weighted by Crippen LogP contribution is 2.45. The minimum atomic E-state index is -1.55. The van der Waals surface area contributed by atoms with Gasteiger partial charge in [-0.2, -0.15) is 0 Å². The molecule has 2 aliphatic rings. The van der Waals surface area contributed by atoms with Gasteiger partial charge in [-0.15, -0.1) is 0 Å². The molecule has 3 heterocycles. The van der Waals surface area contributed by atoms with Crippen LogP contribution in [0.25, 0.3) is 10.9 Å². The molecule has 1 fully saturated rings. The first-order chi connectivity index (χ1) is 17.6. The Morgan fingerprint density at radius 3 is 2.38 bits per heavy atom. The Labute approximate surface area is 215 Å². The van der Waals surface area contributed by atoms with E-state index < -0.39 is 23.3 Å². The zero-order valence-corrected chi connectivity index (χ0v) is 21.9. The molecule has 200 valence electrons. The van der Waals surface area contributed by atoms with Crippen LogP contribution in [0.3, 0.4) is 0 Å². The lowest BCUT2D eigenvalue weighted by Crippen LogP contribution is -2.49. The van der Waals surface area contributed by atoms with Crippen LogP contribution in [0.4, 0.5) is 17.6 Å². The molecule has 1 aromatic heterocycles. The maximum absolute atomic E-state index is 15.8. The lowest BCUT2D eigenvalue weighted by molar-refractivity contribution is 0.0642. The molecule has 0 radical (unpaired) electrons. The van der Waals surface area contributed by atoms with Crippen LogP contribution in [0, 0.1) is 17.6 Å². The van der Waals surface area contributed by atoms with Gasteiger partial charge in [-0.05, 0) is 26.8 Å². The Balaban J connectivity index is 1.51. The summed E-state index contributed by atoms with van der Waals surface area (Å²) in [4.78, 5) is 3.94. The van der Waals surface area contributed by atoms with Gasteiger partial charge in [0.2, 0.25) is 0 Å². The Morgan fingerprint density at radius 1 is 1.05 bits per heavy atom. The molecule has 0 N–H and O–H groups in total. The summed E-state index contributed by atoms with van der Waals surface area (Å²) < 4.78 is 67.0. The first-order valence-corrected chi connectivity index (χ1v) is 13.0. The third-order valence-electron chi connectivity index (χ3n) is 7.74. The van der Waals surface area contributed by atoms with Crippen molar-refractivity contribution < 1.29 is 22.3 Å². The Hall–Kier alpha value is -2.58. The topological polar surface area (TPSA) is 20.6 Å². The maximum Gasteiger partial charge on any atom is 0.134 e. The number of hydrogen-bond donors (Lipinski definition) is 0. The van der Waals surface area contributed by atoms with Gasteiger partial charge >= 0.3 is 0 Å². The van der Waals surface area contributed by atoms with E-state index in [4.69, 9.17) is 4.74 Å². The second-order valence-electron chi connectivity index (χ2n) is 11.2. The molecule has 0 amide bonds. The largest absolute Gasteiger partial charge is 0.492 e. The van der Waals surface area contributed by atoms with Crippen molar-refractivity contribution >= 4 is 10.9 Å². The van der Waals surface area contributed by atoms with Gasteiger partial charge in [0, 0.05) is 91.5 Å². The second kappa shape index (κ2) is 9.95. The maximum atomic E-state index is 15.8. The number of para-hydroxylation sites is 1. The normalized spacial score (nSPS) is 21.3. The zero-order valence-electron chi connectivity index (χ0n) is 21.9. The molecule has 2 aliphatic heterocycles. The van der Waals surface area contributed by atoms with Crippen molar-refractivity contribution in [1.82, 2.24) is 14.4 Å². The highest BCUT2D eigenvalue weighted by molar-refractivity contribution is 5.87. The molecular weight excluding hydrogens is 482 g/mol. The van der Waals surface area contributed by atoms with Crippen LogP contribution < -0.4 is 4.74 Å². The number of rotatable bonds is 8. The number of alkyl halides is 2. The number of likely N-dealkylation sites (tertiary alicyclic amines) is 1. The predicted octanol–water partition coefficient (Wildman–Crippen LogP) is 5.82. The molecule has 5 rings (SSSR count). The lowest BCUT2D eigenvalue weighted by Gasteiger charge is -2.43. The summed E-state index contributed by atoms with van der Waals surface area (Å²) in [7, 11) is 1.97. The molecule has 8 heteroatoms. The number of aryl methyl sites for hydroxylation is 1. The summed E-state index contributed by atoms with van der Waals surface area (Å²) in [5.74, 6) is -1.24. The van der Waals surface area contributed by atoms with E-state index in [0.717, 1.165) is 22.2 Å². The molecule has 3 aromatic rings. The van der Waals surface area contributed by atoms with E-state index in [1.54, 1.807) is 0 Å². The first kappa shape index (κ1) is 26.0. The minimum absolute atomic E-state index is 0.0360. The summed E-state index contributed by atoms with van der Waals surface area (Å²) in [5, 5.41) is 0.916. The summed E-state index contributed by atoms with van der Waals surface area (Å²) in [5.41, 5.74) is 1.17. The quantitative estimate of drug-likeness (QED) is 0.351. The van der Waals surface area contributed by atoms with E-state index in [2.05, 4.69) is 4.57 Å². The van der Waals surface area contributed by atoms with Crippen molar-refractivity contribution in [1.29, 1.82) is 0 Å². The van der Waals surface area contributed by atoms with Crippen molar-refractivity contribution in [2.24, 2.45) is 13.0 Å². The van der Waals surface area contributed by atoms with Crippen LogP contribution >= 0.6 is 0 Å². The SMILES string of the molecule is CC1Cc2c(c3ccccc3n2C)C(c2c(F)cc(OCCN3CC(CF)C3)cc2F)N1CC(C)(C)F. The fourth-order valence-electron chi connectivity index (χ4n) is 5.99. The second-order valence-corrected chi connectivity index (χ2v) is 11.2. The number of ether oxygens (including phenoxy) is 1. The van der Waals surface area contributed by atoms with Gasteiger partial charge in [-0.3, -0.25) is 14.2 Å². The van der Waals surface area contributed by atoms with E-state index >= 15 is 13.2 Å². The average molecular weight is 518 g/mol. The standard InChI is InChI=1S/C29H35F4N3O/c1-18-11-25-26(21-7-5-6-8-24(21)34(25)4)28(36(18)17-29(2,3)33)27-22(31)12-20(13-23(27)32)37-10-9-35-15-19(14-30)16-35/h5-8,12-13,18-19,28H,9-11,14-17H2,1-4H3. The molecule has 0 aliphatic carbocycles. The number of halogens is 4. The molecule has 0 bridgehead atoms. The van der Waals surface area contributed by atoms with Crippen LogP contribution in [0.5, 0.6) is 5.75 Å². The number of aromatic nitrogens is 1. The highest BCUT2D eigenvalue weighted by Gasteiger charge is 2.41. The van der Waals surface area contributed by atoms with Gasteiger partial charge in [-0.25, -0.2) is 13.2 Å². The molecule has 2 aromatic carbocycles. The molecule has 2 unspecified atom stereocenters. The summed E-state index contributed by atoms with van der Waals surface area (Å²) >= 11 is 0. The third kappa shape index (κ3) is 4.98. The zero-order chi connectivity index (χ0) is 26.5. The van der Waals surface area contributed by atoms with E-state index in [9.17, 15) is 4.39 Å². The molecule has 0 saturated carbocycles. The van der Waals surface area contributed by atoms with E-state index in [-0.39, 0.29) is 43.1 Å². The van der Waals surface area contributed by atoms with Crippen molar-refractivity contribution in [3.8, 4) is 5.75 Å². The molecular formula is C29H35F4N3O. The van der Waals surface area contributed by atoms with Crippen LogP contribution in [0.2, 0.25) is 0 Å². The van der Waals surface area contributed by atoms with Crippen molar-refractivity contribution in [2.75, 3.05) is 39.5 Å². The summed E-state index contributed by atoms with van der Waals surface area (Å²) in [6.45, 7) is 6.85. The van der Waals surface area contributed by atoms with E-state index in [0.29, 0.717) is 26.1 Å². The Kier molecular flexibility index (Phi) is 7.00. The highest BCUT2D eigenvalue weighted by atomic mass is 19.1. The molecule has 37 heavy (non-hydrogen) atoms. The summed E-state index contributed by atoms with van der Waals surface area (Å²) in [6, 6.07) is 9.35. The average Bonchev–Trinajstić information content (AvgIpc) is 3.07. The van der Waals surface area contributed by atoms with Crippen LogP contribution in [0.15, 0.2) is 36.4 Å². The summed E-state index contributed by atoms with van der Waals surface area (Å²) in [6.07, 6.45) is 0.650. The Morgan fingerprint density at radius 2 is 1.73 bits per heavy atom. The predicted molar refractivity (Wildman–Crippen MR) is 138 cm³/mol. The van der Waals surface area contributed by atoms with Crippen molar-refractivity contribution in [3.05, 3.63) is 64.9 Å². The Bertz CT molecular complexity index is 1260. The number of fused-ring (bicyclic) bond motifs is 3. The number of nitrogens with zero attached hydrogens (tertiary/aromatic N) is 3. The third-order valence-corrected chi connectivity index (χ3v) is 7.74. The van der Waals surface area contributed by atoms with Gasteiger partial charge < -0.3 is 9.30 Å². The lowest BCUT2D eigenvalue weighted by atomic mass is 9.86. The molecule has 4 nitrogen and oxygen atoms in total. The van der Waals surface area contributed by atoms with Crippen molar-refractivity contribution in [2.45, 2.75) is 44.9 Å². The van der Waals surface area contributed by atoms with Crippen LogP contribution in [0.1, 0.15) is 43.6 Å². The minimum Gasteiger partial charge on any atom is -0.492 e. The van der Waals surface area contributed by atoms with Crippen LogP contribution in [-0.4, -0.2) is 65.5 Å². The van der Waals surface area contributed by atoms with Crippen LogP contribution in [-0.2, 0) is 13.5 Å². The first-order valence-electron chi connectivity index (χ1n) is 13.0. The fourth-order valence-corrected chi connectivity index (χ4v) is 5.99. The van der Waals surface area contributed by atoms with Gasteiger partial charge in [0.05, 0.1) is 12.7 Å². The molecule has 1 saturated heterocycles. The van der Waals surface area contributed by atoms with Gasteiger partial charge in [0.25, 0.3) is 0 Å². The smallest absolute Gasteiger partial charge is 0.134 e. The van der Waals surface area contributed by atoms with Gasteiger partial charge in [-0.1, -0.05) is 18.2 Å². The van der Waals surface area contributed by atoms with Gasteiger partial charge in [0.1, 0.15) is 29.7 Å². The molecule has 0 spiro atoms. The van der Waals surface area contributed by atoms with Crippen molar-refractivity contribution in [3.63, 3.8) is 0 Å². The molecule has 2 atom stereocenters. The van der Waals surface area contributed by atoms with E-state index in [1.165, 1.54) is 26.0 Å². The number of hydrogen-bond acceptors (Lipinski definition) is 3. The number of benzene rings is 2. The monoisotopic (exact) mass is 517 g/mol. The van der Waals surface area contributed by atoms with Gasteiger partial charge in [0.15, 0.2) is 0 Å². The fraction of sp³-hybridized carbons (Fsp3) is 0.517. The van der Waals surface area contributed by atoms with E-state index in [1.807, 2.05) is 48.0 Å².